The quantitative estimate of drug-likeness (QED) is 0.680. The van der Waals surface area contributed by atoms with Crippen molar-refractivity contribution in [2.75, 3.05) is 0 Å². The monoisotopic (exact) mass is 308 g/mol. The van der Waals surface area contributed by atoms with E-state index in [4.69, 9.17) is 0 Å². The zero-order chi connectivity index (χ0) is 14.0. The molecule has 0 aromatic heterocycles. The summed E-state index contributed by atoms with van der Waals surface area (Å²) < 4.78 is 21.2. The summed E-state index contributed by atoms with van der Waals surface area (Å²) in [5.74, 6) is 0.945. The van der Waals surface area contributed by atoms with Gasteiger partial charge in [-0.25, -0.2) is 4.21 Å². The molecule has 0 aliphatic heterocycles. The number of benzene rings is 1. The number of hydrogen-bond acceptors (Lipinski definition) is 1. The van der Waals surface area contributed by atoms with Crippen LogP contribution in [0.1, 0.15) is 77.4 Å². The van der Waals surface area contributed by atoms with Gasteiger partial charge in [0.2, 0.25) is 0 Å². The molecule has 104 valence electrons. The molecular weight excluding hydrogens is 283 g/mol. The van der Waals surface area contributed by atoms with Gasteiger partial charge >= 0.3 is 51.4 Å². The van der Waals surface area contributed by atoms with E-state index in [9.17, 15) is 8.76 Å². The van der Waals surface area contributed by atoms with Gasteiger partial charge < -0.3 is 5.98 Å². The molecule has 0 saturated heterocycles. The van der Waals surface area contributed by atoms with Crippen LogP contribution in [0.2, 0.25) is 0 Å². The molecule has 1 rings (SSSR count). The molecule has 1 atom stereocenters. The van der Waals surface area contributed by atoms with Crippen molar-refractivity contribution < 1.29 is 61.6 Å². The first-order valence-corrected chi connectivity index (χ1v) is 7.64. The fourth-order valence-corrected chi connectivity index (χ4v) is 3.08. The van der Waals surface area contributed by atoms with Crippen molar-refractivity contribution in [1.82, 2.24) is 0 Å². The van der Waals surface area contributed by atoms with Crippen molar-refractivity contribution in [1.29, 1.82) is 0 Å². The van der Waals surface area contributed by atoms with Crippen molar-refractivity contribution in [2.24, 2.45) is 0 Å². The summed E-state index contributed by atoms with van der Waals surface area (Å²) in [6.45, 7) is 12.6. The Morgan fingerprint density at radius 3 is 1.53 bits per heavy atom. The first-order valence-electron chi connectivity index (χ1n) is 6.54. The molecule has 0 fully saturated rings. The minimum Gasteiger partial charge on any atom is -1.00 e. The molecule has 0 bridgehead atoms. The van der Waals surface area contributed by atoms with Gasteiger partial charge in [0.05, 0.1) is 4.90 Å². The van der Waals surface area contributed by atoms with Crippen LogP contribution in [0.5, 0.6) is 0 Å². The van der Waals surface area contributed by atoms with Gasteiger partial charge in [0.25, 0.3) is 0 Å². The van der Waals surface area contributed by atoms with E-state index in [1.165, 1.54) is 5.56 Å². The van der Waals surface area contributed by atoms with Crippen LogP contribution >= 0.6 is 0 Å². The zero-order valence-corrected chi connectivity index (χ0v) is 17.1. The maximum Gasteiger partial charge on any atom is 1.00 e. The van der Waals surface area contributed by atoms with Gasteiger partial charge in [0, 0.05) is 0 Å². The van der Waals surface area contributed by atoms with Crippen LogP contribution in [0.25, 0.3) is 0 Å². The van der Waals surface area contributed by atoms with Gasteiger partial charge in [-0.1, -0.05) is 53.7 Å². The predicted molar refractivity (Wildman–Crippen MR) is 78.9 cm³/mol. The van der Waals surface area contributed by atoms with Gasteiger partial charge in [-0.05, 0) is 34.4 Å². The van der Waals surface area contributed by atoms with Crippen molar-refractivity contribution in [3.05, 3.63) is 28.8 Å². The third kappa shape index (κ3) is 5.02. The molecule has 1 N–H and O–H groups in total. The molecule has 1 unspecified atom stereocenters. The molecule has 2 nitrogen and oxygen atoms in total. The van der Waals surface area contributed by atoms with Gasteiger partial charge in [-0.2, -0.15) is 0 Å². The third-order valence-corrected chi connectivity index (χ3v) is 4.07. The second-order valence-corrected chi connectivity index (χ2v) is 6.65. The number of rotatable bonds is 4. The maximum atomic E-state index is 11.6. The minimum absolute atomic E-state index is 0. The van der Waals surface area contributed by atoms with E-state index >= 15 is 0 Å². The van der Waals surface area contributed by atoms with E-state index in [0.29, 0.717) is 10.8 Å². The molecular formula is C15H25KO2S. The number of hydrogen-bond donors (Lipinski definition) is 1. The summed E-state index contributed by atoms with van der Waals surface area (Å²) in [5.41, 5.74) is 3.26. The average molecular weight is 309 g/mol. The average Bonchev–Trinajstić information content (AvgIpc) is 2.26. The van der Waals surface area contributed by atoms with Crippen molar-refractivity contribution in [2.45, 2.75) is 64.2 Å². The van der Waals surface area contributed by atoms with Crippen LogP contribution in [0, 0.1) is 0 Å². The molecule has 1 aromatic rings. The van der Waals surface area contributed by atoms with Crippen LogP contribution in [0.3, 0.4) is 0 Å². The van der Waals surface area contributed by atoms with Crippen LogP contribution in [-0.4, -0.2) is 8.76 Å². The maximum absolute atomic E-state index is 11.6. The van der Waals surface area contributed by atoms with E-state index in [1.807, 2.05) is 0 Å². The second-order valence-electron chi connectivity index (χ2n) is 5.74. The summed E-state index contributed by atoms with van der Waals surface area (Å²) in [5, 5.41) is 0. The zero-order valence-electron chi connectivity index (χ0n) is 14.2. The SMILES string of the molecule is CC(C)c1cc(C(C)C)c(S(=O)O)c(C(C)C)c1.[H-].[K+]. The van der Waals surface area contributed by atoms with E-state index in [0.717, 1.165) is 11.1 Å². The fourth-order valence-electron chi connectivity index (χ4n) is 2.09. The summed E-state index contributed by atoms with van der Waals surface area (Å²) >= 11 is -1.91. The van der Waals surface area contributed by atoms with Gasteiger partial charge in [0.1, 0.15) is 0 Å². The molecule has 0 saturated carbocycles. The van der Waals surface area contributed by atoms with E-state index in [-0.39, 0.29) is 64.6 Å². The largest absolute Gasteiger partial charge is 1.00 e. The second kappa shape index (κ2) is 8.42. The molecule has 1 aromatic carbocycles. The van der Waals surface area contributed by atoms with Crippen LogP contribution in [0.4, 0.5) is 0 Å². The molecule has 0 heterocycles. The normalized spacial score (nSPS) is 12.9. The van der Waals surface area contributed by atoms with Crippen molar-refractivity contribution in [3.63, 3.8) is 0 Å². The Labute approximate surface area is 164 Å². The summed E-state index contributed by atoms with van der Waals surface area (Å²) in [6.07, 6.45) is 0. The Morgan fingerprint density at radius 1 is 0.947 bits per heavy atom. The Hall–Kier alpha value is 0.966. The molecule has 4 heteroatoms. The molecule has 0 aliphatic rings. The summed E-state index contributed by atoms with van der Waals surface area (Å²) in [6, 6.07) is 4.18. The van der Waals surface area contributed by atoms with E-state index in [2.05, 4.69) is 53.7 Å². The Morgan fingerprint density at radius 2 is 1.32 bits per heavy atom. The third-order valence-electron chi connectivity index (χ3n) is 3.25. The first kappa shape index (κ1) is 20.0. The van der Waals surface area contributed by atoms with Gasteiger partial charge in [-0.3, -0.25) is 0 Å². The Bertz CT molecular complexity index is 430. The van der Waals surface area contributed by atoms with E-state index < -0.39 is 11.1 Å². The topological polar surface area (TPSA) is 37.3 Å². The Balaban J connectivity index is 0. The molecule has 0 spiro atoms. The molecule has 0 amide bonds. The van der Waals surface area contributed by atoms with Gasteiger partial charge in [-0.15, -0.1) is 0 Å². The van der Waals surface area contributed by atoms with E-state index in [1.54, 1.807) is 0 Å². The fraction of sp³-hybridized carbons (Fsp3) is 0.600. The predicted octanol–water partition coefficient (Wildman–Crippen LogP) is 1.75. The standard InChI is InChI=1S/C15H24O2S.K.H/c1-9(2)12-7-13(10(3)4)15(18(16)17)14(8-12)11(5)6;;/h7-11H,1-6H3,(H,16,17);;/q;+1;-1. The Kier molecular flexibility index (Phi) is 8.85. The van der Waals surface area contributed by atoms with Crippen LogP contribution < -0.4 is 51.4 Å². The summed E-state index contributed by atoms with van der Waals surface area (Å²) in [7, 11) is 0. The smallest absolute Gasteiger partial charge is 1.00 e. The summed E-state index contributed by atoms with van der Waals surface area (Å²) in [4.78, 5) is 0.615. The van der Waals surface area contributed by atoms with Crippen LogP contribution in [0.15, 0.2) is 17.0 Å². The first-order chi connectivity index (χ1) is 8.25. The minimum atomic E-state index is -1.91. The molecule has 19 heavy (non-hydrogen) atoms. The van der Waals surface area contributed by atoms with Gasteiger partial charge in [0.15, 0.2) is 11.1 Å². The molecule has 0 radical (unpaired) electrons. The van der Waals surface area contributed by atoms with Crippen LogP contribution in [-0.2, 0) is 11.1 Å². The van der Waals surface area contributed by atoms with Crippen molar-refractivity contribution in [3.8, 4) is 0 Å². The molecule has 0 aliphatic carbocycles. The van der Waals surface area contributed by atoms with Crippen molar-refractivity contribution >= 4 is 11.1 Å².